The zero-order valence-electron chi connectivity index (χ0n) is 14.8. The molecular formula is C19H14FN3O5. The lowest BCUT2D eigenvalue weighted by Crippen LogP contribution is -2.46. The number of imide groups is 2. The van der Waals surface area contributed by atoms with Gasteiger partial charge in [-0.2, -0.15) is 0 Å². The van der Waals surface area contributed by atoms with E-state index in [1.54, 1.807) is 12.1 Å². The molecule has 1 saturated heterocycles. The third kappa shape index (κ3) is 2.07. The molecule has 2 aliphatic heterocycles. The molecule has 1 fully saturated rings. The Morgan fingerprint density at radius 1 is 0.929 bits per heavy atom. The average Bonchev–Trinajstić information content (AvgIpc) is 3.03. The summed E-state index contributed by atoms with van der Waals surface area (Å²) in [6.07, 6.45) is 0. The van der Waals surface area contributed by atoms with Crippen LogP contribution in [0.2, 0.25) is 0 Å². The van der Waals surface area contributed by atoms with Crippen LogP contribution in [0.4, 0.5) is 14.9 Å². The van der Waals surface area contributed by atoms with E-state index < -0.39 is 35.3 Å². The molecule has 0 saturated carbocycles. The Balaban J connectivity index is 1.93. The SMILES string of the molecule is CN1C(=O)N(C)C(O)(c2cc(F)ccc2N2C(=O)c3ccccc3C2=O)C1=O. The van der Waals surface area contributed by atoms with Crippen molar-refractivity contribution in [1.82, 2.24) is 9.80 Å². The Kier molecular flexibility index (Phi) is 3.63. The fourth-order valence-electron chi connectivity index (χ4n) is 3.51. The Hall–Kier alpha value is -3.59. The van der Waals surface area contributed by atoms with Crippen LogP contribution in [0.5, 0.6) is 0 Å². The first-order chi connectivity index (χ1) is 13.2. The van der Waals surface area contributed by atoms with Crippen LogP contribution in [0.1, 0.15) is 26.3 Å². The van der Waals surface area contributed by atoms with Crippen molar-refractivity contribution in [2.24, 2.45) is 0 Å². The molecule has 8 nitrogen and oxygen atoms in total. The minimum atomic E-state index is -2.57. The van der Waals surface area contributed by atoms with Gasteiger partial charge in [0.15, 0.2) is 0 Å². The molecule has 0 bridgehead atoms. The lowest BCUT2D eigenvalue weighted by atomic mass is 9.98. The van der Waals surface area contributed by atoms with Crippen LogP contribution >= 0.6 is 0 Å². The molecule has 0 radical (unpaired) electrons. The van der Waals surface area contributed by atoms with Crippen LogP contribution in [-0.4, -0.2) is 52.8 Å². The average molecular weight is 383 g/mol. The molecule has 0 aliphatic carbocycles. The van der Waals surface area contributed by atoms with Gasteiger partial charge in [0.2, 0.25) is 0 Å². The summed E-state index contributed by atoms with van der Waals surface area (Å²) in [7, 11) is 2.33. The summed E-state index contributed by atoms with van der Waals surface area (Å²) in [5, 5.41) is 11.1. The predicted octanol–water partition coefficient (Wildman–Crippen LogP) is 1.30. The quantitative estimate of drug-likeness (QED) is 0.623. The van der Waals surface area contributed by atoms with Gasteiger partial charge in [0.05, 0.1) is 16.8 Å². The lowest BCUT2D eigenvalue weighted by molar-refractivity contribution is -0.152. The van der Waals surface area contributed by atoms with E-state index in [1.165, 1.54) is 26.2 Å². The molecule has 2 heterocycles. The standard InChI is InChI=1S/C19H14FN3O5/c1-21-17(26)19(28,22(2)18(21)27)13-9-10(20)7-8-14(13)23-15(24)11-5-3-4-6-12(11)16(23)25/h3-9,28H,1-2H3. The van der Waals surface area contributed by atoms with Gasteiger partial charge in [0.25, 0.3) is 23.4 Å². The smallest absolute Gasteiger partial charge is 0.329 e. The maximum Gasteiger partial charge on any atom is 0.329 e. The van der Waals surface area contributed by atoms with Crippen LogP contribution in [0.25, 0.3) is 0 Å². The van der Waals surface area contributed by atoms with Crippen molar-refractivity contribution >= 4 is 29.4 Å². The molecular weight excluding hydrogens is 369 g/mol. The third-order valence-corrected chi connectivity index (χ3v) is 5.03. The number of amides is 5. The van der Waals surface area contributed by atoms with Crippen molar-refractivity contribution in [3.05, 3.63) is 65.0 Å². The zero-order valence-corrected chi connectivity index (χ0v) is 14.8. The van der Waals surface area contributed by atoms with Crippen LogP contribution in [-0.2, 0) is 10.5 Å². The maximum atomic E-state index is 14.0. The van der Waals surface area contributed by atoms with E-state index in [0.29, 0.717) is 4.90 Å². The summed E-state index contributed by atoms with van der Waals surface area (Å²) >= 11 is 0. The molecule has 0 aromatic heterocycles. The summed E-state index contributed by atoms with van der Waals surface area (Å²) in [6.45, 7) is 0. The van der Waals surface area contributed by atoms with Gasteiger partial charge < -0.3 is 5.11 Å². The number of benzene rings is 2. The molecule has 2 aromatic rings. The molecule has 142 valence electrons. The van der Waals surface area contributed by atoms with E-state index >= 15 is 0 Å². The van der Waals surface area contributed by atoms with E-state index in [4.69, 9.17) is 0 Å². The van der Waals surface area contributed by atoms with Crippen molar-refractivity contribution in [2.45, 2.75) is 5.72 Å². The topological polar surface area (TPSA) is 98.2 Å². The first kappa shape index (κ1) is 17.8. The number of halogens is 1. The number of carbonyl (C=O) groups excluding carboxylic acids is 4. The fourth-order valence-corrected chi connectivity index (χ4v) is 3.51. The Morgan fingerprint density at radius 2 is 1.50 bits per heavy atom. The van der Waals surface area contributed by atoms with Gasteiger partial charge >= 0.3 is 6.03 Å². The number of hydrogen-bond donors (Lipinski definition) is 1. The van der Waals surface area contributed by atoms with Crippen molar-refractivity contribution in [3.8, 4) is 0 Å². The second-order valence-electron chi connectivity index (χ2n) is 6.53. The minimum absolute atomic E-state index is 0.147. The highest BCUT2D eigenvalue weighted by Crippen LogP contribution is 2.41. The van der Waals surface area contributed by atoms with Gasteiger partial charge in [-0.1, -0.05) is 12.1 Å². The largest absolute Gasteiger partial charge is 0.359 e. The number of aliphatic hydroxyl groups is 1. The number of anilines is 1. The number of nitrogens with zero attached hydrogens (tertiary/aromatic N) is 3. The van der Waals surface area contributed by atoms with Gasteiger partial charge in [-0.15, -0.1) is 0 Å². The van der Waals surface area contributed by atoms with Crippen molar-refractivity contribution < 1.29 is 28.7 Å². The molecule has 1 N–H and O–H groups in total. The predicted molar refractivity (Wildman–Crippen MR) is 93.8 cm³/mol. The fraction of sp³-hybridized carbons (Fsp3) is 0.158. The minimum Gasteiger partial charge on any atom is -0.359 e. The molecule has 0 spiro atoms. The van der Waals surface area contributed by atoms with Gasteiger partial charge in [-0.3, -0.25) is 24.2 Å². The summed E-state index contributed by atoms with van der Waals surface area (Å²) in [5.41, 5.74) is -2.84. The van der Waals surface area contributed by atoms with Crippen molar-refractivity contribution in [3.63, 3.8) is 0 Å². The molecule has 5 amide bonds. The van der Waals surface area contributed by atoms with E-state index in [9.17, 15) is 28.7 Å². The van der Waals surface area contributed by atoms with Crippen LogP contribution < -0.4 is 4.90 Å². The number of urea groups is 1. The normalized spacial score (nSPS) is 21.8. The number of carbonyl (C=O) groups is 4. The molecule has 2 aromatic carbocycles. The highest BCUT2D eigenvalue weighted by atomic mass is 19.1. The first-order valence-corrected chi connectivity index (χ1v) is 8.25. The molecule has 28 heavy (non-hydrogen) atoms. The third-order valence-electron chi connectivity index (χ3n) is 5.03. The van der Waals surface area contributed by atoms with Gasteiger partial charge in [0, 0.05) is 19.7 Å². The first-order valence-electron chi connectivity index (χ1n) is 8.25. The summed E-state index contributed by atoms with van der Waals surface area (Å²) < 4.78 is 14.0. The van der Waals surface area contributed by atoms with Crippen molar-refractivity contribution in [1.29, 1.82) is 0 Å². The summed E-state index contributed by atoms with van der Waals surface area (Å²) in [6, 6.07) is 8.26. The van der Waals surface area contributed by atoms with E-state index in [-0.39, 0.29) is 22.4 Å². The van der Waals surface area contributed by atoms with Gasteiger partial charge in [0.1, 0.15) is 5.82 Å². The molecule has 1 unspecified atom stereocenters. The zero-order chi connectivity index (χ0) is 20.4. The molecule has 9 heteroatoms. The Morgan fingerprint density at radius 3 is 2.00 bits per heavy atom. The summed E-state index contributed by atoms with van der Waals surface area (Å²) in [5.74, 6) is -3.19. The van der Waals surface area contributed by atoms with Crippen molar-refractivity contribution in [2.75, 3.05) is 19.0 Å². The number of rotatable bonds is 2. The Labute approximate surface area is 158 Å². The van der Waals surface area contributed by atoms with Crippen LogP contribution in [0, 0.1) is 5.82 Å². The number of hydrogen-bond acceptors (Lipinski definition) is 5. The second kappa shape index (κ2) is 5.70. The number of fused-ring (bicyclic) bond motifs is 1. The Bertz CT molecular complexity index is 1050. The number of likely N-dealkylation sites (N-methyl/N-ethyl adjacent to an activating group) is 2. The van der Waals surface area contributed by atoms with Gasteiger partial charge in [-0.25, -0.2) is 14.1 Å². The second-order valence-corrected chi connectivity index (χ2v) is 6.53. The molecule has 4 rings (SSSR count). The monoisotopic (exact) mass is 383 g/mol. The van der Waals surface area contributed by atoms with Gasteiger partial charge in [-0.05, 0) is 30.3 Å². The van der Waals surface area contributed by atoms with E-state index in [1.807, 2.05) is 0 Å². The highest BCUT2D eigenvalue weighted by Gasteiger charge is 2.57. The maximum absolute atomic E-state index is 14.0. The molecule has 2 aliphatic rings. The lowest BCUT2D eigenvalue weighted by Gasteiger charge is -2.30. The molecule has 1 atom stereocenters. The van der Waals surface area contributed by atoms with E-state index in [2.05, 4.69) is 0 Å². The highest BCUT2D eigenvalue weighted by molar-refractivity contribution is 6.34. The van der Waals surface area contributed by atoms with Crippen LogP contribution in [0.3, 0.4) is 0 Å². The summed E-state index contributed by atoms with van der Waals surface area (Å²) in [4.78, 5) is 52.6. The van der Waals surface area contributed by atoms with Crippen LogP contribution in [0.15, 0.2) is 42.5 Å². The van der Waals surface area contributed by atoms with E-state index in [0.717, 1.165) is 28.0 Å².